The molecule has 3 atom stereocenters. The Labute approximate surface area is 105 Å². The molecule has 17 heavy (non-hydrogen) atoms. The summed E-state index contributed by atoms with van der Waals surface area (Å²) >= 11 is 0. The Morgan fingerprint density at radius 3 is 2.59 bits per heavy atom. The van der Waals surface area contributed by atoms with E-state index in [-0.39, 0.29) is 11.8 Å². The third-order valence-corrected chi connectivity index (χ3v) is 4.82. The predicted molar refractivity (Wildman–Crippen MR) is 69.9 cm³/mol. The maximum atomic E-state index is 11.2. The summed E-state index contributed by atoms with van der Waals surface area (Å²) in [5.74, 6) is 0.237. The van der Waals surface area contributed by atoms with Crippen molar-refractivity contribution in [3.8, 4) is 0 Å². The Morgan fingerprint density at radius 1 is 1.41 bits per heavy atom. The molecule has 0 amide bonds. The molecular formula is C12H24N2O2S. The lowest BCUT2D eigenvalue weighted by atomic mass is 10.2. The standard InChI is InChI=1S/C12H24N2O2S/c1-9(8-17(3,15)16)13-11-6-10(2)14(7-11)12-4-5-12/h9-13H,4-8H2,1-3H3. The van der Waals surface area contributed by atoms with Crippen molar-refractivity contribution < 1.29 is 8.42 Å². The highest BCUT2D eigenvalue weighted by Crippen LogP contribution is 2.33. The van der Waals surface area contributed by atoms with Gasteiger partial charge in [-0.15, -0.1) is 0 Å². The lowest BCUT2D eigenvalue weighted by Crippen LogP contribution is -2.42. The second kappa shape index (κ2) is 4.86. The van der Waals surface area contributed by atoms with Crippen molar-refractivity contribution in [2.75, 3.05) is 18.6 Å². The Morgan fingerprint density at radius 2 is 2.06 bits per heavy atom. The monoisotopic (exact) mass is 260 g/mol. The van der Waals surface area contributed by atoms with E-state index in [1.54, 1.807) is 0 Å². The van der Waals surface area contributed by atoms with Crippen LogP contribution in [0.1, 0.15) is 33.1 Å². The predicted octanol–water partition coefficient (Wildman–Crippen LogP) is 0.634. The molecule has 2 fully saturated rings. The van der Waals surface area contributed by atoms with Crippen LogP contribution in [0, 0.1) is 0 Å². The van der Waals surface area contributed by atoms with Gasteiger partial charge in [0, 0.05) is 37.0 Å². The van der Waals surface area contributed by atoms with E-state index in [1.165, 1.54) is 19.1 Å². The highest BCUT2D eigenvalue weighted by Gasteiger charge is 2.38. The van der Waals surface area contributed by atoms with Crippen molar-refractivity contribution in [3.05, 3.63) is 0 Å². The molecule has 0 aromatic carbocycles. The minimum atomic E-state index is -2.87. The summed E-state index contributed by atoms with van der Waals surface area (Å²) in [5, 5.41) is 3.46. The molecule has 2 rings (SSSR count). The van der Waals surface area contributed by atoms with Gasteiger partial charge in [-0.1, -0.05) is 0 Å². The number of rotatable bonds is 5. The van der Waals surface area contributed by atoms with E-state index in [0.29, 0.717) is 12.1 Å². The van der Waals surface area contributed by atoms with Crippen molar-refractivity contribution in [1.82, 2.24) is 10.2 Å². The molecule has 0 spiro atoms. The lowest BCUT2D eigenvalue weighted by Gasteiger charge is -2.21. The molecule has 100 valence electrons. The fourth-order valence-corrected chi connectivity index (χ4v) is 4.00. The first-order chi connectivity index (χ1) is 7.85. The molecule has 2 aliphatic rings. The number of nitrogens with zero attached hydrogens (tertiary/aromatic N) is 1. The molecule has 1 saturated heterocycles. The maximum Gasteiger partial charge on any atom is 0.148 e. The topological polar surface area (TPSA) is 49.4 Å². The van der Waals surface area contributed by atoms with E-state index >= 15 is 0 Å². The average molecular weight is 260 g/mol. The minimum Gasteiger partial charge on any atom is -0.309 e. The average Bonchev–Trinajstić information content (AvgIpc) is 2.89. The van der Waals surface area contributed by atoms with Crippen LogP contribution in [0.5, 0.6) is 0 Å². The fraction of sp³-hybridized carbons (Fsp3) is 1.00. The highest BCUT2D eigenvalue weighted by molar-refractivity contribution is 7.90. The van der Waals surface area contributed by atoms with Gasteiger partial charge in [-0.2, -0.15) is 0 Å². The number of nitrogens with one attached hydrogen (secondary N) is 1. The zero-order valence-corrected chi connectivity index (χ0v) is 11.8. The van der Waals surface area contributed by atoms with E-state index in [2.05, 4.69) is 17.1 Å². The SMILES string of the molecule is CC(CS(C)(=O)=O)NC1CC(C)N(C2CC2)C1. The number of hydrogen-bond donors (Lipinski definition) is 1. The van der Waals surface area contributed by atoms with Crippen LogP contribution >= 0.6 is 0 Å². The van der Waals surface area contributed by atoms with Crippen LogP contribution in [0.3, 0.4) is 0 Å². The first-order valence-electron chi connectivity index (χ1n) is 6.54. The smallest absolute Gasteiger partial charge is 0.148 e. The van der Waals surface area contributed by atoms with Crippen LogP contribution in [-0.4, -0.2) is 56.0 Å². The highest BCUT2D eigenvalue weighted by atomic mass is 32.2. The van der Waals surface area contributed by atoms with Crippen LogP contribution in [0.15, 0.2) is 0 Å². The molecule has 3 unspecified atom stereocenters. The van der Waals surface area contributed by atoms with Crippen LogP contribution in [0.4, 0.5) is 0 Å². The Kier molecular flexibility index (Phi) is 3.80. The second-order valence-electron chi connectivity index (χ2n) is 5.87. The van der Waals surface area contributed by atoms with Gasteiger partial charge in [0.15, 0.2) is 0 Å². The van der Waals surface area contributed by atoms with E-state index in [4.69, 9.17) is 0 Å². The quantitative estimate of drug-likeness (QED) is 0.788. The van der Waals surface area contributed by atoms with E-state index < -0.39 is 9.84 Å². The van der Waals surface area contributed by atoms with Crippen molar-refractivity contribution in [3.63, 3.8) is 0 Å². The fourth-order valence-electron chi connectivity index (χ4n) is 3.00. The first kappa shape index (κ1) is 13.3. The van der Waals surface area contributed by atoms with Crippen molar-refractivity contribution in [2.24, 2.45) is 0 Å². The summed E-state index contributed by atoms with van der Waals surface area (Å²) in [7, 11) is -2.87. The third kappa shape index (κ3) is 3.93. The van der Waals surface area contributed by atoms with Gasteiger partial charge in [-0.05, 0) is 33.1 Å². The molecule has 1 heterocycles. The van der Waals surface area contributed by atoms with Gasteiger partial charge in [0.05, 0.1) is 5.75 Å². The Hall–Kier alpha value is -0.130. The zero-order valence-electron chi connectivity index (χ0n) is 11.0. The van der Waals surface area contributed by atoms with Crippen molar-refractivity contribution >= 4 is 9.84 Å². The molecule has 1 saturated carbocycles. The Bertz CT molecular complexity index is 365. The molecule has 1 aliphatic carbocycles. The Balaban J connectivity index is 1.80. The summed E-state index contributed by atoms with van der Waals surface area (Å²) < 4.78 is 22.4. The number of hydrogen-bond acceptors (Lipinski definition) is 4. The summed E-state index contributed by atoms with van der Waals surface area (Å²) in [4.78, 5) is 2.57. The first-order valence-corrected chi connectivity index (χ1v) is 8.60. The molecule has 0 radical (unpaired) electrons. The van der Waals surface area contributed by atoms with Crippen molar-refractivity contribution in [1.29, 1.82) is 0 Å². The molecule has 0 aromatic heterocycles. The van der Waals surface area contributed by atoms with Gasteiger partial charge < -0.3 is 5.32 Å². The van der Waals surface area contributed by atoms with Gasteiger partial charge in [0.25, 0.3) is 0 Å². The summed E-state index contributed by atoms with van der Waals surface area (Å²) in [6.07, 6.45) is 5.13. The normalized spacial score (nSPS) is 32.9. The van der Waals surface area contributed by atoms with E-state index in [0.717, 1.165) is 19.0 Å². The van der Waals surface area contributed by atoms with Crippen molar-refractivity contribution in [2.45, 2.75) is 57.3 Å². The van der Waals surface area contributed by atoms with Crippen LogP contribution < -0.4 is 5.32 Å². The largest absolute Gasteiger partial charge is 0.309 e. The summed E-state index contributed by atoms with van der Waals surface area (Å²) in [5.41, 5.74) is 0. The van der Waals surface area contributed by atoms with E-state index in [1.807, 2.05) is 6.92 Å². The third-order valence-electron chi connectivity index (χ3n) is 3.71. The van der Waals surface area contributed by atoms with Gasteiger partial charge >= 0.3 is 0 Å². The maximum absolute atomic E-state index is 11.2. The van der Waals surface area contributed by atoms with E-state index in [9.17, 15) is 8.42 Å². The number of likely N-dealkylation sites (tertiary alicyclic amines) is 1. The van der Waals surface area contributed by atoms with Gasteiger partial charge in [-0.25, -0.2) is 8.42 Å². The molecule has 0 bridgehead atoms. The van der Waals surface area contributed by atoms with Gasteiger partial charge in [0.2, 0.25) is 0 Å². The molecule has 0 aromatic rings. The van der Waals surface area contributed by atoms with Gasteiger partial charge in [0.1, 0.15) is 9.84 Å². The van der Waals surface area contributed by atoms with Crippen LogP contribution in [0.2, 0.25) is 0 Å². The summed E-state index contributed by atoms with van der Waals surface area (Å²) in [6, 6.07) is 1.97. The minimum absolute atomic E-state index is 0.0568. The van der Waals surface area contributed by atoms with Gasteiger partial charge in [-0.3, -0.25) is 4.90 Å². The molecule has 5 heteroatoms. The molecule has 1 N–H and O–H groups in total. The van der Waals surface area contributed by atoms with Crippen LogP contribution in [0.25, 0.3) is 0 Å². The van der Waals surface area contributed by atoms with Crippen LogP contribution in [-0.2, 0) is 9.84 Å². The number of sulfone groups is 1. The molecular weight excluding hydrogens is 236 g/mol. The molecule has 1 aliphatic heterocycles. The lowest BCUT2D eigenvalue weighted by molar-refractivity contribution is 0.254. The molecule has 4 nitrogen and oxygen atoms in total. The zero-order chi connectivity index (χ0) is 12.6. The summed E-state index contributed by atoms with van der Waals surface area (Å²) in [6.45, 7) is 5.33. The second-order valence-corrected chi connectivity index (χ2v) is 8.05.